The average Bonchev–Trinajstić information content (AvgIpc) is 2.08. The molecule has 0 aliphatic heterocycles. The lowest BCUT2D eigenvalue weighted by Crippen LogP contribution is -2.32. The SMILES string of the molecule is CC1CCC(C(=O)CN(C)C)CC1C. The number of hydrogen-bond donors (Lipinski definition) is 0. The lowest BCUT2D eigenvalue weighted by atomic mass is 9.74. The Morgan fingerprint density at radius 1 is 1.21 bits per heavy atom. The Kier molecular flexibility index (Phi) is 4.11. The van der Waals surface area contributed by atoms with Gasteiger partial charge in [0, 0.05) is 5.92 Å². The highest BCUT2D eigenvalue weighted by atomic mass is 16.1. The van der Waals surface area contributed by atoms with Crippen LogP contribution < -0.4 is 0 Å². The van der Waals surface area contributed by atoms with E-state index < -0.39 is 0 Å². The number of likely N-dealkylation sites (N-methyl/N-ethyl adjacent to an activating group) is 1. The average molecular weight is 197 g/mol. The van der Waals surface area contributed by atoms with Crippen molar-refractivity contribution in [1.82, 2.24) is 4.90 Å². The minimum Gasteiger partial charge on any atom is -0.302 e. The van der Waals surface area contributed by atoms with Crippen molar-refractivity contribution in [1.29, 1.82) is 0 Å². The zero-order chi connectivity index (χ0) is 10.7. The molecule has 1 aliphatic rings. The van der Waals surface area contributed by atoms with Crippen LogP contribution in [0, 0.1) is 17.8 Å². The van der Waals surface area contributed by atoms with E-state index in [1.165, 1.54) is 6.42 Å². The molecule has 82 valence electrons. The maximum atomic E-state index is 11.8. The monoisotopic (exact) mass is 197 g/mol. The Balaban J connectivity index is 2.42. The quantitative estimate of drug-likeness (QED) is 0.691. The molecule has 0 spiro atoms. The largest absolute Gasteiger partial charge is 0.302 e. The fourth-order valence-corrected chi connectivity index (χ4v) is 2.28. The highest BCUT2D eigenvalue weighted by Crippen LogP contribution is 2.33. The summed E-state index contributed by atoms with van der Waals surface area (Å²) in [6.45, 7) is 5.20. The first-order valence-electron chi connectivity index (χ1n) is 5.68. The number of ketones is 1. The highest BCUT2D eigenvalue weighted by molar-refractivity contribution is 5.83. The lowest BCUT2D eigenvalue weighted by Gasteiger charge is -2.31. The van der Waals surface area contributed by atoms with Crippen LogP contribution in [0.1, 0.15) is 33.1 Å². The summed E-state index contributed by atoms with van der Waals surface area (Å²) in [7, 11) is 3.93. The maximum absolute atomic E-state index is 11.8. The third-order valence-electron chi connectivity index (χ3n) is 3.53. The van der Waals surface area contributed by atoms with E-state index in [1.54, 1.807) is 0 Å². The molecule has 2 heteroatoms. The van der Waals surface area contributed by atoms with Gasteiger partial charge in [0.2, 0.25) is 0 Å². The summed E-state index contributed by atoms with van der Waals surface area (Å²) in [6.07, 6.45) is 3.44. The molecule has 3 unspecified atom stereocenters. The highest BCUT2D eigenvalue weighted by Gasteiger charge is 2.28. The molecule has 0 radical (unpaired) electrons. The molecule has 0 saturated heterocycles. The first kappa shape index (κ1) is 11.7. The fraction of sp³-hybridized carbons (Fsp3) is 0.917. The van der Waals surface area contributed by atoms with Gasteiger partial charge >= 0.3 is 0 Å². The fourth-order valence-electron chi connectivity index (χ4n) is 2.28. The molecular weight excluding hydrogens is 174 g/mol. The molecular formula is C12H23NO. The van der Waals surface area contributed by atoms with Crippen LogP contribution >= 0.6 is 0 Å². The molecule has 0 amide bonds. The van der Waals surface area contributed by atoms with Crippen molar-refractivity contribution >= 4 is 5.78 Å². The summed E-state index contributed by atoms with van der Waals surface area (Å²) in [5.74, 6) is 2.30. The van der Waals surface area contributed by atoms with Gasteiger partial charge in [-0.15, -0.1) is 0 Å². The van der Waals surface area contributed by atoms with E-state index >= 15 is 0 Å². The summed E-state index contributed by atoms with van der Waals surface area (Å²) < 4.78 is 0. The van der Waals surface area contributed by atoms with E-state index in [2.05, 4.69) is 13.8 Å². The van der Waals surface area contributed by atoms with E-state index in [0.717, 1.165) is 24.7 Å². The predicted octanol–water partition coefficient (Wildman–Crippen LogP) is 2.19. The summed E-state index contributed by atoms with van der Waals surface area (Å²) in [4.78, 5) is 13.8. The van der Waals surface area contributed by atoms with Crippen molar-refractivity contribution in [3.63, 3.8) is 0 Å². The third-order valence-corrected chi connectivity index (χ3v) is 3.53. The first-order valence-corrected chi connectivity index (χ1v) is 5.68. The summed E-state index contributed by atoms with van der Waals surface area (Å²) in [6, 6.07) is 0. The van der Waals surface area contributed by atoms with Crippen LogP contribution in [-0.4, -0.2) is 31.3 Å². The molecule has 0 heterocycles. The topological polar surface area (TPSA) is 20.3 Å². The van der Waals surface area contributed by atoms with Crippen LogP contribution in [0.3, 0.4) is 0 Å². The van der Waals surface area contributed by atoms with Gasteiger partial charge in [-0.05, 0) is 45.2 Å². The first-order chi connectivity index (χ1) is 6.50. The van der Waals surface area contributed by atoms with E-state index in [9.17, 15) is 4.79 Å². The van der Waals surface area contributed by atoms with Crippen molar-refractivity contribution in [3.8, 4) is 0 Å². The summed E-state index contributed by atoms with van der Waals surface area (Å²) in [5, 5.41) is 0. The van der Waals surface area contributed by atoms with Gasteiger partial charge in [-0.3, -0.25) is 4.79 Å². The number of hydrogen-bond acceptors (Lipinski definition) is 2. The molecule has 0 bridgehead atoms. The van der Waals surface area contributed by atoms with E-state index in [-0.39, 0.29) is 0 Å². The smallest absolute Gasteiger partial charge is 0.149 e. The normalized spacial score (nSPS) is 33.4. The number of carbonyl (C=O) groups is 1. The Morgan fingerprint density at radius 2 is 1.86 bits per heavy atom. The Bertz CT molecular complexity index is 200. The minimum atomic E-state index is 0.337. The zero-order valence-electron chi connectivity index (χ0n) is 9.92. The molecule has 1 fully saturated rings. The van der Waals surface area contributed by atoms with Gasteiger partial charge in [-0.1, -0.05) is 13.8 Å². The van der Waals surface area contributed by atoms with E-state index in [1.807, 2.05) is 19.0 Å². The Labute approximate surface area is 87.7 Å². The minimum absolute atomic E-state index is 0.337. The Morgan fingerprint density at radius 3 is 2.36 bits per heavy atom. The second-order valence-electron chi connectivity index (χ2n) is 5.17. The van der Waals surface area contributed by atoms with E-state index in [4.69, 9.17) is 0 Å². The number of rotatable bonds is 3. The van der Waals surface area contributed by atoms with Crippen LogP contribution in [0.2, 0.25) is 0 Å². The van der Waals surface area contributed by atoms with Gasteiger partial charge < -0.3 is 4.90 Å². The van der Waals surface area contributed by atoms with E-state index in [0.29, 0.717) is 18.2 Å². The molecule has 14 heavy (non-hydrogen) atoms. The Hall–Kier alpha value is -0.370. The van der Waals surface area contributed by atoms with Gasteiger partial charge in [0.05, 0.1) is 6.54 Å². The van der Waals surface area contributed by atoms with Gasteiger partial charge in [-0.2, -0.15) is 0 Å². The van der Waals surface area contributed by atoms with Gasteiger partial charge in [0.15, 0.2) is 0 Å². The lowest BCUT2D eigenvalue weighted by molar-refractivity contribution is -0.125. The molecule has 3 atom stereocenters. The van der Waals surface area contributed by atoms with Gasteiger partial charge in [0.25, 0.3) is 0 Å². The molecule has 0 aromatic rings. The zero-order valence-corrected chi connectivity index (χ0v) is 9.92. The summed E-state index contributed by atoms with van der Waals surface area (Å²) >= 11 is 0. The van der Waals surface area contributed by atoms with Crippen LogP contribution in [0.25, 0.3) is 0 Å². The van der Waals surface area contributed by atoms with Gasteiger partial charge in [-0.25, -0.2) is 0 Å². The maximum Gasteiger partial charge on any atom is 0.149 e. The molecule has 1 aliphatic carbocycles. The van der Waals surface area contributed by atoms with Crippen molar-refractivity contribution in [2.24, 2.45) is 17.8 Å². The van der Waals surface area contributed by atoms with Crippen molar-refractivity contribution < 1.29 is 4.79 Å². The standard InChI is InChI=1S/C12H23NO/c1-9-5-6-11(7-10(9)2)12(14)8-13(3)4/h9-11H,5-8H2,1-4H3. The van der Waals surface area contributed by atoms with Crippen molar-refractivity contribution in [3.05, 3.63) is 0 Å². The second-order valence-corrected chi connectivity index (χ2v) is 5.17. The van der Waals surface area contributed by atoms with Crippen LogP contribution in [0.4, 0.5) is 0 Å². The number of carbonyl (C=O) groups excluding carboxylic acids is 1. The molecule has 1 saturated carbocycles. The summed E-state index contributed by atoms with van der Waals surface area (Å²) in [5.41, 5.74) is 0. The molecule has 2 nitrogen and oxygen atoms in total. The molecule has 1 rings (SSSR count). The van der Waals surface area contributed by atoms with Crippen LogP contribution in [0.15, 0.2) is 0 Å². The van der Waals surface area contributed by atoms with Crippen LogP contribution in [-0.2, 0) is 4.79 Å². The number of Topliss-reactive ketones (excluding diaryl/α,β-unsaturated/α-hetero) is 1. The van der Waals surface area contributed by atoms with Crippen LogP contribution in [0.5, 0.6) is 0 Å². The number of nitrogens with zero attached hydrogens (tertiary/aromatic N) is 1. The molecule has 0 aromatic carbocycles. The molecule has 0 aromatic heterocycles. The van der Waals surface area contributed by atoms with Crippen molar-refractivity contribution in [2.45, 2.75) is 33.1 Å². The van der Waals surface area contributed by atoms with Gasteiger partial charge in [0.1, 0.15) is 5.78 Å². The van der Waals surface area contributed by atoms with Crippen molar-refractivity contribution in [2.75, 3.05) is 20.6 Å². The molecule has 0 N–H and O–H groups in total. The second kappa shape index (κ2) is 4.92. The predicted molar refractivity (Wildman–Crippen MR) is 59.2 cm³/mol. The third kappa shape index (κ3) is 3.09.